The van der Waals surface area contributed by atoms with Crippen molar-refractivity contribution in [2.24, 2.45) is 0 Å². The van der Waals surface area contributed by atoms with Gasteiger partial charge in [0.05, 0.1) is 17.9 Å². The number of rotatable bonds is 6. The smallest absolute Gasteiger partial charge is 0.345 e. The summed E-state index contributed by atoms with van der Waals surface area (Å²) in [7, 11) is 0. The first-order chi connectivity index (χ1) is 16.2. The van der Waals surface area contributed by atoms with E-state index in [9.17, 15) is 18.0 Å². The molecule has 0 radical (unpaired) electrons. The zero-order valence-corrected chi connectivity index (χ0v) is 19.1. The Balaban J connectivity index is 1.78. The maximum Gasteiger partial charge on any atom is 0.433 e. The first-order valence-corrected chi connectivity index (χ1v) is 11.1. The van der Waals surface area contributed by atoms with Crippen molar-refractivity contribution in [2.45, 2.75) is 45.3 Å². The summed E-state index contributed by atoms with van der Waals surface area (Å²) in [5, 5.41) is 6.76. The van der Waals surface area contributed by atoms with Crippen molar-refractivity contribution in [3.63, 3.8) is 0 Å². The minimum absolute atomic E-state index is 0.0134. The first kappa shape index (κ1) is 23.5. The number of aromatic nitrogens is 3. The van der Waals surface area contributed by atoms with E-state index >= 15 is 0 Å². The maximum absolute atomic E-state index is 13.9. The number of alkyl halides is 3. The molecule has 0 fully saturated rings. The normalized spacial score (nSPS) is 12.8. The van der Waals surface area contributed by atoms with Crippen LogP contribution in [0.2, 0.25) is 0 Å². The largest absolute Gasteiger partial charge is 0.433 e. The van der Waals surface area contributed by atoms with Gasteiger partial charge in [-0.15, -0.1) is 0 Å². The molecular weight excluding hydrogens is 441 g/mol. The van der Waals surface area contributed by atoms with Crippen LogP contribution < -0.4 is 5.32 Å². The van der Waals surface area contributed by atoms with E-state index in [2.05, 4.69) is 15.4 Å². The molecule has 4 aromatic rings. The van der Waals surface area contributed by atoms with E-state index in [-0.39, 0.29) is 28.9 Å². The zero-order valence-electron chi connectivity index (χ0n) is 19.1. The lowest BCUT2D eigenvalue weighted by Crippen LogP contribution is -2.28. The summed E-state index contributed by atoms with van der Waals surface area (Å²) in [6.45, 7) is 6.00. The molecule has 1 unspecified atom stereocenters. The van der Waals surface area contributed by atoms with E-state index in [1.54, 1.807) is 12.1 Å². The van der Waals surface area contributed by atoms with Gasteiger partial charge in [0, 0.05) is 5.56 Å². The Labute approximate surface area is 195 Å². The van der Waals surface area contributed by atoms with Crippen LogP contribution in [0.4, 0.5) is 13.2 Å². The first-order valence-electron chi connectivity index (χ1n) is 11.1. The monoisotopic (exact) mass is 466 g/mol. The number of nitrogens with zero attached hydrogens (tertiary/aromatic N) is 3. The summed E-state index contributed by atoms with van der Waals surface area (Å²) in [4.78, 5) is 17.5. The number of carbonyl (C=O) groups excluding carboxylic acids is 1. The Bertz CT molecular complexity index is 1300. The van der Waals surface area contributed by atoms with Gasteiger partial charge in [-0.2, -0.15) is 18.3 Å². The standard InChI is InChI=1S/C26H25F3N4O/c1-4-21(18-8-6-5-7-9-18)32-25(34)20-15-30-33-23(26(27,28)29)14-22(31-24(20)33)19-12-10-17(11-13-19)16(2)3/h5-16,21H,4H2,1-3H3,(H,32,34). The van der Waals surface area contributed by atoms with Gasteiger partial charge in [0.25, 0.3) is 5.91 Å². The SMILES string of the molecule is CCC(NC(=O)c1cnn2c(C(F)(F)F)cc(-c3ccc(C(C)C)cc3)nc12)c1ccccc1. The van der Waals surface area contributed by atoms with Gasteiger partial charge in [-0.1, -0.05) is 75.4 Å². The van der Waals surface area contributed by atoms with Gasteiger partial charge in [-0.05, 0) is 29.5 Å². The van der Waals surface area contributed by atoms with Gasteiger partial charge in [-0.3, -0.25) is 4.79 Å². The molecule has 2 heterocycles. The predicted octanol–water partition coefficient (Wildman–Crippen LogP) is 6.42. The van der Waals surface area contributed by atoms with E-state index in [1.807, 2.05) is 63.2 Å². The maximum atomic E-state index is 13.9. The van der Waals surface area contributed by atoms with Gasteiger partial charge >= 0.3 is 6.18 Å². The molecule has 0 bridgehead atoms. The number of benzene rings is 2. The molecule has 0 spiro atoms. The second kappa shape index (κ2) is 9.29. The predicted molar refractivity (Wildman–Crippen MR) is 124 cm³/mol. The van der Waals surface area contributed by atoms with Gasteiger partial charge < -0.3 is 5.32 Å². The Morgan fingerprint density at radius 1 is 1.03 bits per heavy atom. The van der Waals surface area contributed by atoms with Gasteiger partial charge in [-0.25, -0.2) is 9.50 Å². The number of halogens is 3. The highest BCUT2D eigenvalue weighted by Gasteiger charge is 2.36. The van der Waals surface area contributed by atoms with Crippen molar-refractivity contribution in [1.29, 1.82) is 0 Å². The van der Waals surface area contributed by atoms with Crippen LogP contribution in [0.1, 0.15) is 66.3 Å². The van der Waals surface area contributed by atoms with Crippen LogP contribution in [-0.4, -0.2) is 20.5 Å². The fraction of sp³-hybridized carbons (Fsp3) is 0.269. The Hall–Kier alpha value is -3.68. The van der Waals surface area contributed by atoms with Gasteiger partial charge in [0.2, 0.25) is 0 Å². The molecule has 0 saturated heterocycles. The molecule has 2 aromatic heterocycles. The van der Waals surface area contributed by atoms with Crippen molar-refractivity contribution < 1.29 is 18.0 Å². The average Bonchev–Trinajstić information content (AvgIpc) is 3.26. The number of nitrogens with one attached hydrogen (secondary N) is 1. The number of amides is 1. The average molecular weight is 467 g/mol. The molecule has 1 N–H and O–H groups in total. The Morgan fingerprint density at radius 2 is 1.71 bits per heavy atom. The van der Waals surface area contributed by atoms with Crippen LogP contribution in [-0.2, 0) is 6.18 Å². The minimum Gasteiger partial charge on any atom is -0.345 e. The third-order valence-corrected chi connectivity index (χ3v) is 5.80. The molecule has 1 atom stereocenters. The minimum atomic E-state index is -4.68. The third-order valence-electron chi connectivity index (χ3n) is 5.80. The summed E-state index contributed by atoms with van der Waals surface area (Å²) >= 11 is 0. The second-order valence-corrected chi connectivity index (χ2v) is 8.44. The number of hydrogen-bond acceptors (Lipinski definition) is 3. The van der Waals surface area contributed by atoms with Gasteiger partial charge in [0.1, 0.15) is 5.56 Å². The Kier molecular flexibility index (Phi) is 6.41. The van der Waals surface area contributed by atoms with E-state index < -0.39 is 17.8 Å². The van der Waals surface area contributed by atoms with Crippen LogP contribution in [0.3, 0.4) is 0 Å². The van der Waals surface area contributed by atoms with Crippen molar-refractivity contribution in [1.82, 2.24) is 19.9 Å². The quantitative estimate of drug-likeness (QED) is 0.357. The van der Waals surface area contributed by atoms with Crippen molar-refractivity contribution in [3.8, 4) is 11.3 Å². The third kappa shape index (κ3) is 4.66. The van der Waals surface area contributed by atoms with E-state index in [0.717, 1.165) is 23.4 Å². The van der Waals surface area contributed by atoms with Crippen LogP contribution >= 0.6 is 0 Å². The van der Waals surface area contributed by atoms with Crippen LogP contribution in [0, 0.1) is 0 Å². The fourth-order valence-electron chi connectivity index (χ4n) is 3.85. The summed E-state index contributed by atoms with van der Waals surface area (Å²) < 4.78 is 42.4. The van der Waals surface area contributed by atoms with E-state index in [1.165, 1.54) is 0 Å². The highest BCUT2D eigenvalue weighted by atomic mass is 19.4. The lowest BCUT2D eigenvalue weighted by Gasteiger charge is -2.17. The molecule has 1 amide bonds. The summed E-state index contributed by atoms with van der Waals surface area (Å²) in [5.41, 5.74) is 1.48. The van der Waals surface area contributed by atoms with Crippen LogP contribution in [0.5, 0.6) is 0 Å². The molecule has 0 aliphatic carbocycles. The summed E-state index contributed by atoms with van der Waals surface area (Å²) in [6, 6.07) is 17.3. The molecule has 34 heavy (non-hydrogen) atoms. The fourth-order valence-corrected chi connectivity index (χ4v) is 3.85. The van der Waals surface area contributed by atoms with Crippen molar-refractivity contribution >= 4 is 11.6 Å². The molecule has 8 heteroatoms. The van der Waals surface area contributed by atoms with Crippen LogP contribution in [0.15, 0.2) is 66.9 Å². The lowest BCUT2D eigenvalue weighted by atomic mass is 10.0. The molecule has 0 aliphatic rings. The molecule has 0 aliphatic heterocycles. The van der Waals surface area contributed by atoms with Crippen LogP contribution in [0.25, 0.3) is 16.9 Å². The highest BCUT2D eigenvalue weighted by molar-refractivity contribution is 6.00. The number of fused-ring (bicyclic) bond motifs is 1. The molecule has 0 saturated carbocycles. The van der Waals surface area contributed by atoms with Crippen molar-refractivity contribution in [3.05, 3.63) is 89.2 Å². The highest BCUT2D eigenvalue weighted by Crippen LogP contribution is 2.33. The lowest BCUT2D eigenvalue weighted by molar-refractivity contribution is -0.142. The number of hydrogen-bond donors (Lipinski definition) is 1. The molecule has 4 rings (SSSR count). The topological polar surface area (TPSA) is 59.3 Å². The van der Waals surface area contributed by atoms with Crippen molar-refractivity contribution in [2.75, 3.05) is 0 Å². The molecular formula is C26H25F3N4O. The second-order valence-electron chi connectivity index (χ2n) is 8.44. The molecule has 2 aromatic carbocycles. The summed E-state index contributed by atoms with van der Waals surface area (Å²) in [5.74, 6) is -0.241. The zero-order chi connectivity index (χ0) is 24.5. The molecule has 176 valence electrons. The van der Waals surface area contributed by atoms with Gasteiger partial charge in [0.15, 0.2) is 11.3 Å². The number of carbonyl (C=O) groups is 1. The van der Waals surface area contributed by atoms with E-state index in [4.69, 9.17) is 0 Å². The van der Waals surface area contributed by atoms with E-state index in [0.29, 0.717) is 16.5 Å². The molecule has 5 nitrogen and oxygen atoms in total. The Morgan fingerprint density at radius 3 is 2.29 bits per heavy atom. The summed E-state index contributed by atoms with van der Waals surface area (Å²) in [6.07, 6.45) is -2.93.